The fourth-order valence-corrected chi connectivity index (χ4v) is 4.25. The van der Waals surface area contributed by atoms with Gasteiger partial charge in [-0.1, -0.05) is 22.0 Å². The van der Waals surface area contributed by atoms with Crippen molar-refractivity contribution in [2.45, 2.75) is 4.21 Å². The molecule has 7 heteroatoms. The summed E-state index contributed by atoms with van der Waals surface area (Å²) in [6, 6.07) is 8.38. The maximum atomic E-state index is 12.3. The normalized spacial score (nSPS) is 11.4. The smallest absolute Gasteiger partial charge is 0.273 e. The third-order valence-corrected chi connectivity index (χ3v) is 6.08. The van der Waals surface area contributed by atoms with E-state index in [-0.39, 0.29) is 0 Å². The fraction of sp³-hybridized carbons (Fsp3) is 0.0909. The number of nitrogens with zero attached hydrogens (tertiary/aromatic N) is 1. The second kappa shape index (κ2) is 4.91. The first-order chi connectivity index (χ1) is 8.43. The minimum absolute atomic E-state index is 0.298. The molecule has 2 rings (SSSR count). The minimum atomic E-state index is -3.53. The van der Waals surface area contributed by atoms with E-state index < -0.39 is 10.0 Å². The third kappa shape index (κ3) is 2.38. The monoisotopic (exact) mass is 346 g/mol. The van der Waals surface area contributed by atoms with Gasteiger partial charge in [-0.15, -0.1) is 11.3 Å². The summed E-state index contributed by atoms with van der Waals surface area (Å²) in [5.41, 5.74) is 6.71. The van der Waals surface area contributed by atoms with Crippen LogP contribution in [-0.4, -0.2) is 15.5 Å². The number of thiophene rings is 1. The Balaban J connectivity index is 2.46. The number of hydrogen-bond donors (Lipinski definition) is 1. The Hall–Kier alpha value is -1.05. The van der Waals surface area contributed by atoms with Crippen LogP contribution in [0.4, 0.5) is 11.4 Å². The van der Waals surface area contributed by atoms with Crippen molar-refractivity contribution in [3.8, 4) is 0 Å². The molecule has 0 radical (unpaired) electrons. The average molecular weight is 347 g/mol. The number of sulfonamides is 1. The molecule has 2 aromatic rings. The molecule has 0 saturated carbocycles. The SMILES string of the molecule is CN(c1ccc(Br)cc1N)S(=O)(=O)c1cccs1. The fourth-order valence-electron chi connectivity index (χ4n) is 1.49. The van der Waals surface area contributed by atoms with Gasteiger partial charge in [0.15, 0.2) is 0 Å². The summed E-state index contributed by atoms with van der Waals surface area (Å²) in [7, 11) is -2.03. The number of nitrogen functional groups attached to an aromatic ring is 1. The van der Waals surface area contributed by atoms with Crippen LogP contribution in [0.2, 0.25) is 0 Å². The number of nitrogens with two attached hydrogens (primary N) is 1. The van der Waals surface area contributed by atoms with E-state index in [1.165, 1.54) is 22.7 Å². The van der Waals surface area contributed by atoms with Gasteiger partial charge in [-0.05, 0) is 29.6 Å². The molecule has 1 aromatic heterocycles. The molecule has 18 heavy (non-hydrogen) atoms. The van der Waals surface area contributed by atoms with Crippen LogP contribution < -0.4 is 10.0 Å². The van der Waals surface area contributed by atoms with E-state index in [2.05, 4.69) is 15.9 Å². The van der Waals surface area contributed by atoms with E-state index in [1.54, 1.807) is 35.7 Å². The van der Waals surface area contributed by atoms with Crippen LogP contribution in [0.1, 0.15) is 0 Å². The standard InChI is InChI=1S/C11H11BrN2O2S2/c1-14(10-5-4-8(12)7-9(10)13)18(15,16)11-3-2-6-17-11/h2-7H,13H2,1H3. The number of hydrogen-bond acceptors (Lipinski definition) is 4. The lowest BCUT2D eigenvalue weighted by atomic mass is 10.3. The van der Waals surface area contributed by atoms with Gasteiger partial charge in [-0.3, -0.25) is 4.31 Å². The molecule has 0 bridgehead atoms. The summed E-state index contributed by atoms with van der Waals surface area (Å²) >= 11 is 4.47. The molecule has 4 nitrogen and oxygen atoms in total. The van der Waals surface area contributed by atoms with Crippen LogP contribution in [0.25, 0.3) is 0 Å². The largest absolute Gasteiger partial charge is 0.397 e. The van der Waals surface area contributed by atoms with Gasteiger partial charge in [-0.2, -0.15) is 0 Å². The minimum Gasteiger partial charge on any atom is -0.397 e. The van der Waals surface area contributed by atoms with Gasteiger partial charge in [-0.25, -0.2) is 8.42 Å². The van der Waals surface area contributed by atoms with Crippen LogP contribution in [0.5, 0.6) is 0 Å². The van der Waals surface area contributed by atoms with Gasteiger partial charge in [0.2, 0.25) is 0 Å². The highest BCUT2D eigenvalue weighted by atomic mass is 79.9. The van der Waals surface area contributed by atoms with Gasteiger partial charge in [0.1, 0.15) is 4.21 Å². The average Bonchev–Trinajstić information content (AvgIpc) is 2.82. The Morgan fingerprint density at radius 3 is 2.61 bits per heavy atom. The van der Waals surface area contributed by atoms with E-state index in [0.717, 1.165) is 4.47 Å². The van der Waals surface area contributed by atoms with E-state index in [9.17, 15) is 8.42 Å². The second-order valence-electron chi connectivity index (χ2n) is 3.61. The molecule has 0 saturated heterocycles. The molecule has 1 heterocycles. The summed E-state index contributed by atoms with van der Waals surface area (Å²) in [6.45, 7) is 0. The maximum Gasteiger partial charge on any atom is 0.273 e. The number of benzene rings is 1. The van der Waals surface area contributed by atoms with Crippen molar-refractivity contribution in [1.82, 2.24) is 0 Å². The summed E-state index contributed by atoms with van der Waals surface area (Å²) < 4.78 is 26.9. The molecule has 2 N–H and O–H groups in total. The Kier molecular flexibility index (Phi) is 3.65. The predicted molar refractivity (Wildman–Crippen MR) is 78.5 cm³/mol. The van der Waals surface area contributed by atoms with Gasteiger partial charge in [0, 0.05) is 11.5 Å². The van der Waals surface area contributed by atoms with Gasteiger partial charge in [0.25, 0.3) is 10.0 Å². The molecule has 0 aliphatic rings. The van der Waals surface area contributed by atoms with Crippen molar-refractivity contribution in [1.29, 1.82) is 0 Å². The molecule has 0 aliphatic heterocycles. The van der Waals surface area contributed by atoms with Crippen LogP contribution in [-0.2, 0) is 10.0 Å². The Morgan fingerprint density at radius 2 is 2.06 bits per heavy atom. The first-order valence-corrected chi connectivity index (χ1v) is 8.11. The molecule has 0 unspecified atom stereocenters. The van der Waals surface area contributed by atoms with Crippen molar-refractivity contribution in [2.24, 2.45) is 0 Å². The van der Waals surface area contributed by atoms with E-state index in [1.807, 2.05) is 0 Å². The quantitative estimate of drug-likeness (QED) is 0.869. The Bertz CT molecular complexity index is 654. The molecular weight excluding hydrogens is 336 g/mol. The lowest BCUT2D eigenvalue weighted by molar-refractivity contribution is 0.596. The molecule has 0 fully saturated rings. The van der Waals surface area contributed by atoms with Crippen molar-refractivity contribution in [3.05, 3.63) is 40.2 Å². The van der Waals surface area contributed by atoms with Crippen LogP contribution >= 0.6 is 27.3 Å². The van der Waals surface area contributed by atoms with E-state index in [0.29, 0.717) is 15.6 Å². The van der Waals surface area contributed by atoms with Crippen molar-refractivity contribution in [3.63, 3.8) is 0 Å². The lowest BCUT2D eigenvalue weighted by Crippen LogP contribution is -2.26. The summed E-state index contributed by atoms with van der Waals surface area (Å²) in [6.07, 6.45) is 0. The lowest BCUT2D eigenvalue weighted by Gasteiger charge is -2.20. The van der Waals surface area contributed by atoms with Crippen LogP contribution in [0.3, 0.4) is 0 Å². The molecule has 96 valence electrons. The van der Waals surface area contributed by atoms with Crippen LogP contribution in [0, 0.1) is 0 Å². The van der Waals surface area contributed by atoms with Crippen molar-refractivity contribution < 1.29 is 8.42 Å². The molecule has 0 atom stereocenters. The highest BCUT2D eigenvalue weighted by Gasteiger charge is 2.23. The Morgan fingerprint density at radius 1 is 1.33 bits per heavy atom. The topological polar surface area (TPSA) is 63.4 Å². The maximum absolute atomic E-state index is 12.3. The van der Waals surface area contributed by atoms with Crippen molar-refractivity contribution >= 4 is 48.7 Å². The molecule has 0 spiro atoms. The van der Waals surface area contributed by atoms with Crippen molar-refractivity contribution in [2.75, 3.05) is 17.1 Å². The summed E-state index contributed by atoms with van der Waals surface area (Å²) in [4.78, 5) is 0. The first kappa shape index (κ1) is 13.4. The zero-order valence-electron chi connectivity index (χ0n) is 9.50. The number of anilines is 2. The zero-order chi connectivity index (χ0) is 13.3. The van der Waals surface area contributed by atoms with Gasteiger partial charge >= 0.3 is 0 Å². The number of rotatable bonds is 3. The first-order valence-electron chi connectivity index (χ1n) is 5.00. The molecule has 0 aliphatic carbocycles. The van der Waals surface area contributed by atoms with Gasteiger partial charge < -0.3 is 5.73 Å². The number of halogens is 1. The second-order valence-corrected chi connectivity index (χ2v) is 7.67. The van der Waals surface area contributed by atoms with E-state index >= 15 is 0 Å². The molecular formula is C11H11BrN2O2S2. The summed E-state index contributed by atoms with van der Waals surface area (Å²) in [5.74, 6) is 0. The zero-order valence-corrected chi connectivity index (χ0v) is 12.7. The predicted octanol–water partition coefficient (Wildman–Crippen LogP) is 2.92. The highest BCUT2D eigenvalue weighted by molar-refractivity contribution is 9.10. The summed E-state index contributed by atoms with van der Waals surface area (Å²) in [5, 5.41) is 1.73. The van der Waals surface area contributed by atoms with E-state index in [4.69, 9.17) is 5.73 Å². The van der Waals surface area contributed by atoms with Gasteiger partial charge in [0.05, 0.1) is 11.4 Å². The third-order valence-electron chi connectivity index (χ3n) is 2.44. The molecule has 0 amide bonds. The highest BCUT2D eigenvalue weighted by Crippen LogP contribution is 2.30. The van der Waals surface area contributed by atoms with Crippen LogP contribution in [0.15, 0.2) is 44.4 Å². The Labute approximate surface area is 118 Å². The molecule has 1 aromatic carbocycles.